The molecule has 1 aliphatic carbocycles. The van der Waals surface area contributed by atoms with Gasteiger partial charge in [-0.1, -0.05) is 15.9 Å². The molecule has 0 aromatic heterocycles. The Kier molecular flexibility index (Phi) is 5.53. The van der Waals surface area contributed by atoms with E-state index in [0.717, 1.165) is 43.6 Å². The Bertz CT molecular complexity index is 180. The fourth-order valence-electron chi connectivity index (χ4n) is 1.55. The van der Waals surface area contributed by atoms with Gasteiger partial charge in [0, 0.05) is 24.8 Å². The molecule has 0 aromatic carbocycles. The van der Waals surface area contributed by atoms with Gasteiger partial charge in [0.05, 0.1) is 0 Å². The number of rotatable bonds is 7. The third kappa shape index (κ3) is 4.45. The minimum atomic E-state index is 0.348. The molecule has 0 aromatic rings. The summed E-state index contributed by atoms with van der Waals surface area (Å²) in [6.45, 7) is 3.96. The predicted molar refractivity (Wildman–Crippen MR) is 62.6 cm³/mol. The Hall–Kier alpha value is -0.0500. The number of alkyl halides is 1. The fraction of sp³-hybridized carbons (Fsp3) is 0.909. The maximum absolute atomic E-state index is 11.7. The lowest BCUT2D eigenvalue weighted by molar-refractivity contribution is -0.131. The lowest BCUT2D eigenvalue weighted by Crippen LogP contribution is -2.32. The van der Waals surface area contributed by atoms with Crippen LogP contribution in [-0.2, 0) is 4.79 Å². The number of hydrogen-bond acceptors (Lipinski definition) is 1. The predicted octanol–water partition coefficient (Wildman–Crippen LogP) is 2.81. The van der Waals surface area contributed by atoms with E-state index in [2.05, 4.69) is 22.9 Å². The topological polar surface area (TPSA) is 20.3 Å². The lowest BCUT2D eigenvalue weighted by Gasteiger charge is -2.20. The van der Waals surface area contributed by atoms with Crippen LogP contribution >= 0.6 is 15.9 Å². The SMILES string of the molecule is CCN(CC1CC1)C(=O)CCCCBr. The van der Waals surface area contributed by atoms with Crippen LogP contribution in [0.4, 0.5) is 0 Å². The molecule has 1 aliphatic rings. The van der Waals surface area contributed by atoms with Crippen LogP contribution in [0.1, 0.15) is 39.0 Å². The van der Waals surface area contributed by atoms with Crippen LogP contribution in [0.3, 0.4) is 0 Å². The van der Waals surface area contributed by atoms with Crippen molar-refractivity contribution in [3.63, 3.8) is 0 Å². The summed E-state index contributed by atoms with van der Waals surface area (Å²) >= 11 is 3.38. The second-order valence-corrected chi connectivity index (χ2v) is 4.81. The highest BCUT2D eigenvalue weighted by Crippen LogP contribution is 2.29. The molecule has 0 N–H and O–H groups in total. The summed E-state index contributed by atoms with van der Waals surface area (Å²) in [7, 11) is 0. The van der Waals surface area contributed by atoms with E-state index in [9.17, 15) is 4.79 Å². The number of hydrogen-bond donors (Lipinski definition) is 0. The van der Waals surface area contributed by atoms with Crippen LogP contribution in [-0.4, -0.2) is 29.2 Å². The van der Waals surface area contributed by atoms with Gasteiger partial charge in [-0.05, 0) is 38.5 Å². The third-order valence-electron chi connectivity index (χ3n) is 2.68. The van der Waals surface area contributed by atoms with E-state index < -0.39 is 0 Å². The van der Waals surface area contributed by atoms with Gasteiger partial charge >= 0.3 is 0 Å². The Labute approximate surface area is 95.2 Å². The van der Waals surface area contributed by atoms with Crippen LogP contribution in [0, 0.1) is 5.92 Å². The summed E-state index contributed by atoms with van der Waals surface area (Å²) in [4.78, 5) is 13.7. The number of unbranched alkanes of at least 4 members (excludes halogenated alkanes) is 1. The first kappa shape index (κ1) is 12.0. The van der Waals surface area contributed by atoms with E-state index in [-0.39, 0.29) is 0 Å². The van der Waals surface area contributed by atoms with Crippen molar-refractivity contribution in [2.45, 2.75) is 39.0 Å². The molecule has 0 bridgehead atoms. The molecule has 3 heteroatoms. The van der Waals surface area contributed by atoms with Gasteiger partial charge in [0.15, 0.2) is 0 Å². The number of halogens is 1. The molecule has 0 spiro atoms. The largest absolute Gasteiger partial charge is 0.343 e. The molecule has 0 aliphatic heterocycles. The van der Waals surface area contributed by atoms with Gasteiger partial charge in [-0.25, -0.2) is 0 Å². The zero-order valence-electron chi connectivity index (χ0n) is 8.97. The van der Waals surface area contributed by atoms with E-state index in [1.165, 1.54) is 12.8 Å². The smallest absolute Gasteiger partial charge is 0.222 e. The first-order valence-corrected chi connectivity index (χ1v) is 6.73. The van der Waals surface area contributed by atoms with E-state index in [1.807, 2.05) is 4.90 Å². The maximum atomic E-state index is 11.7. The van der Waals surface area contributed by atoms with Crippen molar-refractivity contribution in [3.05, 3.63) is 0 Å². The van der Waals surface area contributed by atoms with Crippen molar-refractivity contribution in [1.29, 1.82) is 0 Å². The lowest BCUT2D eigenvalue weighted by atomic mass is 10.2. The van der Waals surface area contributed by atoms with Crippen molar-refractivity contribution in [1.82, 2.24) is 4.90 Å². The van der Waals surface area contributed by atoms with Crippen LogP contribution in [0.2, 0.25) is 0 Å². The van der Waals surface area contributed by atoms with Crippen molar-refractivity contribution in [2.75, 3.05) is 18.4 Å². The average Bonchev–Trinajstić information content (AvgIpc) is 2.98. The molecule has 82 valence electrons. The van der Waals surface area contributed by atoms with E-state index in [1.54, 1.807) is 0 Å². The quantitative estimate of drug-likeness (QED) is 0.510. The molecular formula is C11H20BrNO. The number of carbonyl (C=O) groups is 1. The highest BCUT2D eigenvalue weighted by atomic mass is 79.9. The highest BCUT2D eigenvalue weighted by Gasteiger charge is 2.25. The number of amides is 1. The maximum Gasteiger partial charge on any atom is 0.222 e. The van der Waals surface area contributed by atoms with Gasteiger partial charge in [0.1, 0.15) is 0 Å². The molecule has 0 saturated heterocycles. The van der Waals surface area contributed by atoms with Crippen molar-refractivity contribution in [2.24, 2.45) is 5.92 Å². The summed E-state index contributed by atoms with van der Waals surface area (Å²) in [5, 5.41) is 1.01. The van der Waals surface area contributed by atoms with Gasteiger partial charge in [-0.2, -0.15) is 0 Å². The first-order chi connectivity index (χ1) is 6.77. The molecular weight excluding hydrogens is 242 g/mol. The Balaban J connectivity index is 2.16. The second-order valence-electron chi connectivity index (χ2n) is 4.02. The summed E-state index contributed by atoms with van der Waals surface area (Å²) in [5.41, 5.74) is 0. The van der Waals surface area contributed by atoms with Gasteiger partial charge in [-0.15, -0.1) is 0 Å². The van der Waals surface area contributed by atoms with Crippen LogP contribution < -0.4 is 0 Å². The summed E-state index contributed by atoms with van der Waals surface area (Å²) in [5.74, 6) is 1.16. The monoisotopic (exact) mass is 261 g/mol. The normalized spacial score (nSPS) is 15.6. The molecule has 1 fully saturated rings. The number of carbonyl (C=O) groups excluding carboxylic acids is 1. The highest BCUT2D eigenvalue weighted by molar-refractivity contribution is 9.09. The van der Waals surface area contributed by atoms with Crippen molar-refractivity contribution < 1.29 is 4.79 Å². The van der Waals surface area contributed by atoms with E-state index in [4.69, 9.17) is 0 Å². The Morgan fingerprint density at radius 2 is 2.14 bits per heavy atom. The fourth-order valence-corrected chi connectivity index (χ4v) is 1.94. The molecule has 14 heavy (non-hydrogen) atoms. The molecule has 0 unspecified atom stereocenters. The Morgan fingerprint density at radius 1 is 1.43 bits per heavy atom. The standard InChI is InChI=1S/C11H20BrNO/c1-2-13(9-10-6-7-10)11(14)5-3-4-8-12/h10H,2-9H2,1H3. The molecule has 2 nitrogen and oxygen atoms in total. The molecule has 1 amide bonds. The van der Waals surface area contributed by atoms with Gasteiger partial charge in [0.25, 0.3) is 0 Å². The van der Waals surface area contributed by atoms with Crippen LogP contribution in [0.5, 0.6) is 0 Å². The minimum Gasteiger partial charge on any atom is -0.343 e. The summed E-state index contributed by atoms with van der Waals surface area (Å²) in [6.07, 6.45) is 5.50. The van der Waals surface area contributed by atoms with Crippen molar-refractivity contribution in [3.8, 4) is 0 Å². The van der Waals surface area contributed by atoms with Gasteiger partial charge in [-0.3, -0.25) is 4.79 Å². The second kappa shape index (κ2) is 6.44. The molecule has 0 heterocycles. The van der Waals surface area contributed by atoms with Crippen LogP contribution in [0.25, 0.3) is 0 Å². The van der Waals surface area contributed by atoms with Crippen LogP contribution in [0.15, 0.2) is 0 Å². The first-order valence-electron chi connectivity index (χ1n) is 5.61. The molecule has 1 saturated carbocycles. The third-order valence-corrected chi connectivity index (χ3v) is 3.24. The van der Waals surface area contributed by atoms with Gasteiger partial charge in [0.2, 0.25) is 5.91 Å². The minimum absolute atomic E-state index is 0.348. The van der Waals surface area contributed by atoms with Gasteiger partial charge < -0.3 is 4.90 Å². The van der Waals surface area contributed by atoms with E-state index in [0.29, 0.717) is 5.91 Å². The zero-order valence-corrected chi connectivity index (χ0v) is 10.6. The zero-order chi connectivity index (χ0) is 10.4. The van der Waals surface area contributed by atoms with E-state index >= 15 is 0 Å². The molecule has 0 radical (unpaired) electrons. The van der Waals surface area contributed by atoms with Crippen molar-refractivity contribution >= 4 is 21.8 Å². The number of nitrogens with zero attached hydrogens (tertiary/aromatic N) is 1. The average molecular weight is 262 g/mol. The molecule has 0 atom stereocenters. The molecule has 1 rings (SSSR count). The Morgan fingerprint density at radius 3 is 2.64 bits per heavy atom. The summed E-state index contributed by atoms with van der Waals surface area (Å²) < 4.78 is 0. The summed E-state index contributed by atoms with van der Waals surface area (Å²) in [6, 6.07) is 0.